The second-order valence-electron chi connectivity index (χ2n) is 4.62. The van der Waals surface area contributed by atoms with Gasteiger partial charge in [-0.1, -0.05) is 0 Å². The number of nitrogens with two attached hydrogens (primary N) is 1. The Hall–Kier alpha value is -1.79. The maximum absolute atomic E-state index is 11.6. The van der Waals surface area contributed by atoms with Gasteiger partial charge >= 0.3 is 0 Å². The van der Waals surface area contributed by atoms with Gasteiger partial charge in [0.2, 0.25) is 0 Å². The smallest absolute Gasteiger partial charge is 0.251 e. The minimum absolute atomic E-state index is 0.121. The predicted molar refractivity (Wildman–Crippen MR) is 84.7 cm³/mol. The fraction of sp³-hybridized carbons (Fsp3) is 0.533. The molecule has 0 saturated heterocycles. The Morgan fingerprint density at radius 1 is 1.24 bits per heavy atom. The van der Waals surface area contributed by atoms with Crippen LogP contribution in [-0.4, -0.2) is 46.4 Å². The van der Waals surface area contributed by atoms with Crippen molar-refractivity contribution < 1.29 is 14.3 Å². The summed E-state index contributed by atoms with van der Waals surface area (Å²) in [6.07, 6.45) is 1.93. The molecular formula is C15H25N3O3. The van der Waals surface area contributed by atoms with Crippen molar-refractivity contribution in [2.75, 3.05) is 51.6 Å². The lowest BCUT2D eigenvalue weighted by Crippen LogP contribution is -2.18. The third kappa shape index (κ3) is 6.46. The van der Waals surface area contributed by atoms with E-state index in [1.165, 1.54) is 0 Å². The monoisotopic (exact) mass is 295 g/mol. The summed E-state index contributed by atoms with van der Waals surface area (Å²) in [6, 6.07) is 5.22. The van der Waals surface area contributed by atoms with Crippen LogP contribution in [0.3, 0.4) is 0 Å². The highest BCUT2D eigenvalue weighted by molar-refractivity contribution is 5.96. The molecule has 0 bridgehead atoms. The molecule has 4 N–H and O–H groups in total. The van der Waals surface area contributed by atoms with E-state index in [9.17, 15) is 4.79 Å². The fourth-order valence-electron chi connectivity index (χ4n) is 1.79. The number of rotatable bonds is 10. The summed E-state index contributed by atoms with van der Waals surface area (Å²) >= 11 is 0. The molecule has 6 nitrogen and oxygen atoms in total. The number of unbranched alkanes of at least 4 members (excludes halogenated alkanes) is 1. The highest BCUT2D eigenvalue weighted by Gasteiger charge is 2.06. The lowest BCUT2D eigenvalue weighted by Gasteiger charge is -2.11. The molecule has 21 heavy (non-hydrogen) atoms. The van der Waals surface area contributed by atoms with Crippen molar-refractivity contribution in [1.82, 2.24) is 5.32 Å². The topological polar surface area (TPSA) is 85.6 Å². The van der Waals surface area contributed by atoms with Crippen LogP contribution in [0.1, 0.15) is 23.2 Å². The molecule has 0 aliphatic carbocycles. The molecule has 1 aromatic carbocycles. The number of amides is 1. The van der Waals surface area contributed by atoms with Gasteiger partial charge in [-0.2, -0.15) is 0 Å². The Balaban J connectivity index is 2.29. The number of benzene rings is 1. The lowest BCUT2D eigenvalue weighted by atomic mass is 10.1. The molecule has 6 heteroatoms. The second-order valence-corrected chi connectivity index (χ2v) is 4.62. The molecule has 1 amide bonds. The fourth-order valence-corrected chi connectivity index (χ4v) is 1.79. The average molecular weight is 295 g/mol. The molecule has 0 heterocycles. The first-order valence-corrected chi connectivity index (χ1v) is 7.11. The van der Waals surface area contributed by atoms with Crippen LogP contribution < -0.4 is 16.4 Å². The van der Waals surface area contributed by atoms with Crippen molar-refractivity contribution in [2.24, 2.45) is 0 Å². The molecule has 0 fully saturated rings. The number of methoxy groups -OCH3 is 1. The van der Waals surface area contributed by atoms with Crippen molar-refractivity contribution in [1.29, 1.82) is 0 Å². The summed E-state index contributed by atoms with van der Waals surface area (Å²) in [7, 11) is 3.26. The minimum Gasteiger partial charge on any atom is -0.397 e. The average Bonchev–Trinajstić information content (AvgIpc) is 2.50. The standard InChI is InChI=1S/C15H25N3O3/c1-17-15(19)12-5-6-13(16)14(11-12)18-7-3-4-8-21-10-9-20-2/h5-6,11,18H,3-4,7-10,16H2,1-2H3,(H,17,19). The van der Waals surface area contributed by atoms with Crippen LogP contribution in [0.15, 0.2) is 18.2 Å². The largest absolute Gasteiger partial charge is 0.397 e. The molecule has 0 spiro atoms. The molecule has 118 valence electrons. The molecule has 0 aliphatic heterocycles. The maximum atomic E-state index is 11.6. The van der Waals surface area contributed by atoms with Crippen molar-refractivity contribution in [3.63, 3.8) is 0 Å². The van der Waals surface area contributed by atoms with Gasteiger partial charge in [0.05, 0.1) is 24.6 Å². The normalized spacial score (nSPS) is 10.4. The Labute approximate surface area is 126 Å². The van der Waals surface area contributed by atoms with Crippen LogP contribution >= 0.6 is 0 Å². The maximum Gasteiger partial charge on any atom is 0.251 e. The summed E-state index contributed by atoms with van der Waals surface area (Å²) in [4.78, 5) is 11.6. The molecule has 0 radical (unpaired) electrons. The van der Waals surface area contributed by atoms with Gasteiger partial charge in [0.15, 0.2) is 0 Å². The molecule has 0 saturated carbocycles. The minimum atomic E-state index is -0.121. The van der Waals surface area contributed by atoms with Crippen molar-refractivity contribution in [3.8, 4) is 0 Å². The Kier molecular flexibility index (Phi) is 8.23. The number of carbonyl (C=O) groups excluding carboxylic acids is 1. The number of hydrogen-bond donors (Lipinski definition) is 3. The number of anilines is 2. The molecule has 0 aliphatic rings. The zero-order valence-electron chi connectivity index (χ0n) is 12.8. The van der Waals surface area contributed by atoms with Crippen molar-refractivity contribution >= 4 is 17.3 Å². The first-order chi connectivity index (χ1) is 10.2. The summed E-state index contributed by atoms with van der Waals surface area (Å²) in [5.74, 6) is -0.121. The molecule has 0 atom stereocenters. The van der Waals surface area contributed by atoms with Crippen molar-refractivity contribution in [2.45, 2.75) is 12.8 Å². The first kappa shape index (κ1) is 17.3. The highest BCUT2D eigenvalue weighted by atomic mass is 16.5. The van der Waals surface area contributed by atoms with E-state index in [0.717, 1.165) is 31.7 Å². The molecule has 0 aromatic heterocycles. The number of ether oxygens (including phenoxy) is 2. The quantitative estimate of drug-likeness (QED) is 0.450. The highest BCUT2D eigenvalue weighted by Crippen LogP contribution is 2.20. The number of hydrogen-bond acceptors (Lipinski definition) is 5. The van der Waals surface area contributed by atoms with Crippen molar-refractivity contribution in [3.05, 3.63) is 23.8 Å². The van der Waals surface area contributed by atoms with Crippen LogP contribution in [0.2, 0.25) is 0 Å². The summed E-state index contributed by atoms with van der Waals surface area (Å²) in [5.41, 5.74) is 7.91. The summed E-state index contributed by atoms with van der Waals surface area (Å²) in [6.45, 7) is 2.76. The zero-order valence-corrected chi connectivity index (χ0v) is 12.8. The Morgan fingerprint density at radius 2 is 2.05 bits per heavy atom. The van der Waals surface area contributed by atoms with Gasteiger partial charge in [0.1, 0.15) is 0 Å². The number of nitrogens with one attached hydrogen (secondary N) is 2. The van der Waals surface area contributed by atoms with E-state index >= 15 is 0 Å². The lowest BCUT2D eigenvalue weighted by molar-refractivity contribution is 0.0691. The molecule has 0 unspecified atom stereocenters. The molecule has 1 aromatic rings. The number of carbonyl (C=O) groups is 1. The van der Waals surface area contributed by atoms with Gasteiger partial charge in [-0.3, -0.25) is 4.79 Å². The zero-order chi connectivity index (χ0) is 15.5. The van der Waals surface area contributed by atoms with E-state index in [1.807, 2.05) is 0 Å². The first-order valence-electron chi connectivity index (χ1n) is 7.11. The number of nitrogen functional groups attached to an aromatic ring is 1. The van der Waals surface area contributed by atoms with Crippen LogP contribution in [0.25, 0.3) is 0 Å². The summed E-state index contributed by atoms with van der Waals surface area (Å²) < 4.78 is 10.3. The van der Waals surface area contributed by atoms with Gasteiger partial charge in [0.25, 0.3) is 5.91 Å². The van der Waals surface area contributed by atoms with E-state index in [0.29, 0.717) is 24.5 Å². The third-order valence-electron chi connectivity index (χ3n) is 3.01. The van der Waals surface area contributed by atoms with E-state index < -0.39 is 0 Å². The van der Waals surface area contributed by atoms with E-state index in [-0.39, 0.29) is 5.91 Å². The van der Waals surface area contributed by atoms with Crippen LogP contribution in [0.5, 0.6) is 0 Å². The van der Waals surface area contributed by atoms with Gasteiger partial charge in [0, 0.05) is 32.9 Å². The van der Waals surface area contributed by atoms with Gasteiger partial charge in [-0.05, 0) is 31.0 Å². The van der Waals surface area contributed by atoms with Crippen LogP contribution in [-0.2, 0) is 9.47 Å². The SMILES string of the molecule is CNC(=O)c1ccc(N)c(NCCCCOCCOC)c1. The second kappa shape index (κ2) is 10.0. The Morgan fingerprint density at radius 3 is 2.76 bits per heavy atom. The van der Waals surface area contributed by atoms with E-state index in [1.54, 1.807) is 32.4 Å². The molecule has 1 rings (SSSR count). The third-order valence-corrected chi connectivity index (χ3v) is 3.01. The van der Waals surface area contributed by atoms with E-state index in [2.05, 4.69) is 10.6 Å². The predicted octanol–water partition coefficient (Wildman–Crippen LogP) is 1.48. The molecular weight excluding hydrogens is 270 g/mol. The van der Waals surface area contributed by atoms with Gasteiger partial charge in [-0.15, -0.1) is 0 Å². The van der Waals surface area contributed by atoms with Crippen LogP contribution in [0.4, 0.5) is 11.4 Å². The van der Waals surface area contributed by atoms with Crippen LogP contribution in [0, 0.1) is 0 Å². The van der Waals surface area contributed by atoms with E-state index in [4.69, 9.17) is 15.2 Å². The Bertz CT molecular complexity index is 438. The van der Waals surface area contributed by atoms with Gasteiger partial charge in [-0.25, -0.2) is 0 Å². The summed E-state index contributed by atoms with van der Waals surface area (Å²) in [5, 5.41) is 5.84. The van der Waals surface area contributed by atoms with Gasteiger partial charge < -0.3 is 25.8 Å².